The Balaban J connectivity index is 2.94. The van der Waals surface area contributed by atoms with Crippen LogP contribution in [0.3, 0.4) is 0 Å². The third-order valence-electron chi connectivity index (χ3n) is 2.24. The molecule has 0 spiro atoms. The fourth-order valence-corrected chi connectivity index (χ4v) is 1.43. The maximum absolute atomic E-state index is 9.43. The van der Waals surface area contributed by atoms with Crippen molar-refractivity contribution in [1.82, 2.24) is 0 Å². The van der Waals surface area contributed by atoms with Crippen molar-refractivity contribution in [2.75, 3.05) is 18.0 Å². The van der Waals surface area contributed by atoms with E-state index in [0.717, 1.165) is 24.3 Å². The van der Waals surface area contributed by atoms with E-state index in [1.165, 1.54) is 0 Å². The number of hydrogen-bond donors (Lipinski definition) is 1. The lowest BCUT2D eigenvalue weighted by Gasteiger charge is -2.22. The van der Waals surface area contributed by atoms with Gasteiger partial charge in [0, 0.05) is 18.8 Å². The van der Waals surface area contributed by atoms with Gasteiger partial charge in [0.05, 0.1) is 0 Å². The van der Waals surface area contributed by atoms with Crippen LogP contribution >= 0.6 is 0 Å². The Morgan fingerprint density at radius 3 is 2.33 bits per heavy atom. The van der Waals surface area contributed by atoms with Crippen LogP contribution < -0.4 is 4.90 Å². The lowest BCUT2D eigenvalue weighted by atomic mass is 10.2. The van der Waals surface area contributed by atoms with E-state index >= 15 is 0 Å². The normalized spacial score (nSPS) is 9.67. The number of rotatable bonds is 5. The first kappa shape index (κ1) is 11.4. The molecule has 80 valence electrons. The molecule has 0 bridgehead atoms. The Hall–Kier alpha value is -1.70. The minimum Gasteiger partial charge on any atom is -0.508 e. The summed E-state index contributed by atoms with van der Waals surface area (Å²) in [6.45, 7) is 10.9. The van der Waals surface area contributed by atoms with Gasteiger partial charge in [-0.3, -0.25) is 0 Å². The Bertz CT molecular complexity index is 348. The SMILES string of the molecule is C=CCN(CC=C)c1ccc(O)c(C)c1. The van der Waals surface area contributed by atoms with Gasteiger partial charge in [0.25, 0.3) is 0 Å². The molecule has 1 N–H and O–H groups in total. The van der Waals surface area contributed by atoms with Crippen LogP contribution in [0.5, 0.6) is 5.75 Å². The molecular weight excluding hydrogens is 186 g/mol. The number of phenols is 1. The van der Waals surface area contributed by atoms with Crippen LogP contribution in [-0.4, -0.2) is 18.2 Å². The van der Waals surface area contributed by atoms with E-state index in [9.17, 15) is 5.11 Å². The summed E-state index contributed by atoms with van der Waals surface area (Å²) in [5.41, 5.74) is 1.95. The van der Waals surface area contributed by atoms with Crippen molar-refractivity contribution in [3.8, 4) is 5.75 Å². The molecule has 2 heteroatoms. The van der Waals surface area contributed by atoms with Crippen molar-refractivity contribution in [2.45, 2.75) is 6.92 Å². The van der Waals surface area contributed by atoms with E-state index in [1.807, 2.05) is 31.2 Å². The maximum Gasteiger partial charge on any atom is 0.118 e. The van der Waals surface area contributed by atoms with Crippen molar-refractivity contribution in [1.29, 1.82) is 0 Å². The maximum atomic E-state index is 9.43. The molecule has 1 aromatic rings. The van der Waals surface area contributed by atoms with Crippen LogP contribution in [0.1, 0.15) is 5.56 Å². The van der Waals surface area contributed by atoms with Crippen LogP contribution in [0, 0.1) is 6.92 Å². The molecule has 0 aliphatic rings. The number of hydrogen-bond acceptors (Lipinski definition) is 2. The van der Waals surface area contributed by atoms with Crippen LogP contribution in [0.15, 0.2) is 43.5 Å². The molecule has 0 atom stereocenters. The minimum absolute atomic E-state index is 0.330. The summed E-state index contributed by atoms with van der Waals surface area (Å²) in [6.07, 6.45) is 3.71. The molecule has 0 aliphatic heterocycles. The average Bonchev–Trinajstić information content (AvgIpc) is 2.22. The second-order valence-electron chi connectivity index (χ2n) is 3.45. The van der Waals surface area contributed by atoms with Crippen LogP contribution in [-0.2, 0) is 0 Å². The number of aryl methyl sites for hydroxylation is 1. The summed E-state index contributed by atoms with van der Waals surface area (Å²) >= 11 is 0. The fourth-order valence-electron chi connectivity index (χ4n) is 1.43. The Kier molecular flexibility index (Phi) is 3.98. The quantitative estimate of drug-likeness (QED) is 0.744. The van der Waals surface area contributed by atoms with Crippen LogP contribution in [0.25, 0.3) is 0 Å². The number of phenolic OH excluding ortho intramolecular Hbond substituents is 1. The molecule has 0 radical (unpaired) electrons. The summed E-state index contributed by atoms with van der Waals surface area (Å²) in [5.74, 6) is 0.330. The minimum atomic E-state index is 0.330. The smallest absolute Gasteiger partial charge is 0.118 e. The van der Waals surface area contributed by atoms with Crippen molar-refractivity contribution >= 4 is 5.69 Å². The molecule has 0 saturated carbocycles. The zero-order valence-corrected chi connectivity index (χ0v) is 9.11. The average molecular weight is 203 g/mol. The highest BCUT2D eigenvalue weighted by atomic mass is 16.3. The van der Waals surface area contributed by atoms with Gasteiger partial charge in [0.15, 0.2) is 0 Å². The third kappa shape index (κ3) is 2.88. The molecule has 0 unspecified atom stereocenters. The van der Waals surface area contributed by atoms with Crippen LogP contribution in [0.2, 0.25) is 0 Å². The van der Waals surface area contributed by atoms with Crippen molar-refractivity contribution in [3.05, 3.63) is 49.1 Å². The van der Waals surface area contributed by atoms with E-state index in [-0.39, 0.29) is 0 Å². The fraction of sp³-hybridized carbons (Fsp3) is 0.231. The standard InChI is InChI=1S/C13H17NO/c1-4-8-14(9-5-2)12-6-7-13(15)11(3)10-12/h4-7,10,15H,1-2,8-9H2,3H3. The van der Waals surface area contributed by atoms with Crippen LogP contribution in [0.4, 0.5) is 5.69 Å². The molecular formula is C13H17NO. The van der Waals surface area contributed by atoms with Gasteiger partial charge in [-0.15, -0.1) is 13.2 Å². The highest BCUT2D eigenvalue weighted by Gasteiger charge is 2.04. The summed E-state index contributed by atoms with van der Waals surface area (Å²) in [4.78, 5) is 2.13. The molecule has 0 aliphatic carbocycles. The van der Waals surface area contributed by atoms with Gasteiger partial charge in [0.2, 0.25) is 0 Å². The zero-order chi connectivity index (χ0) is 11.3. The van der Waals surface area contributed by atoms with E-state index in [2.05, 4.69) is 18.1 Å². The second kappa shape index (κ2) is 5.25. The molecule has 0 aromatic heterocycles. The van der Waals surface area contributed by atoms with Crippen molar-refractivity contribution in [2.24, 2.45) is 0 Å². The first-order chi connectivity index (χ1) is 7.19. The number of aromatic hydroxyl groups is 1. The molecule has 0 amide bonds. The molecule has 0 heterocycles. The predicted molar refractivity (Wildman–Crippen MR) is 65.5 cm³/mol. The van der Waals surface area contributed by atoms with Gasteiger partial charge in [-0.2, -0.15) is 0 Å². The molecule has 0 fully saturated rings. The summed E-state index contributed by atoms with van der Waals surface area (Å²) in [6, 6.07) is 5.57. The van der Waals surface area contributed by atoms with Gasteiger partial charge in [-0.1, -0.05) is 12.2 Å². The molecule has 0 saturated heterocycles. The first-order valence-corrected chi connectivity index (χ1v) is 4.95. The second-order valence-corrected chi connectivity index (χ2v) is 3.45. The number of nitrogens with zero attached hydrogens (tertiary/aromatic N) is 1. The highest BCUT2D eigenvalue weighted by molar-refractivity contribution is 5.53. The summed E-state index contributed by atoms with van der Waals surface area (Å²) < 4.78 is 0. The summed E-state index contributed by atoms with van der Waals surface area (Å²) in [7, 11) is 0. The highest BCUT2D eigenvalue weighted by Crippen LogP contribution is 2.23. The Morgan fingerprint density at radius 1 is 1.27 bits per heavy atom. The zero-order valence-electron chi connectivity index (χ0n) is 9.11. The predicted octanol–water partition coefficient (Wildman–Crippen LogP) is 2.88. The molecule has 15 heavy (non-hydrogen) atoms. The lowest BCUT2D eigenvalue weighted by Crippen LogP contribution is -2.22. The molecule has 2 nitrogen and oxygen atoms in total. The van der Waals surface area contributed by atoms with Gasteiger partial charge >= 0.3 is 0 Å². The molecule has 1 aromatic carbocycles. The third-order valence-corrected chi connectivity index (χ3v) is 2.24. The largest absolute Gasteiger partial charge is 0.508 e. The van der Waals surface area contributed by atoms with Crippen molar-refractivity contribution < 1.29 is 5.11 Å². The van der Waals surface area contributed by atoms with E-state index < -0.39 is 0 Å². The topological polar surface area (TPSA) is 23.5 Å². The Labute approximate surface area is 91.2 Å². The van der Waals surface area contributed by atoms with E-state index in [0.29, 0.717) is 5.75 Å². The number of benzene rings is 1. The summed E-state index contributed by atoms with van der Waals surface area (Å²) in [5, 5.41) is 9.43. The first-order valence-electron chi connectivity index (χ1n) is 4.95. The Morgan fingerprint density at radius 2 is 1.87 bits per heavy atom. The van der Waals surface area contributed by atoms with Gasteiger partial charge in [-0.25, -0.2) is 0 Å². The van der Waals surface area contributed by atoms with Gasteiger partial charge < -0.3 is 10.0 Å². The van der Waals surface area contributed by atoms with Gasteiger partial charge in [-0.05, 0) is 30.7 Å². The van der Waals surface area contributed by atoms with E-state index in [4.69, 9.17) is 0 Å². The number of anilines is 1. The lowest BCUT2D eigenvalue weighted by molar-refractivity contribution is 0.471. The molecule has 1 rings (SSSR count). The van der Waals surface area contributed by atoms with Crippen molar-refractivity contribution in [3.63, 3.8) is 0 Å². The monoisotopic (exact) mass is 203 g/mol. The van der Waals surface area contributed by atoms with E-state index in [1.54, 1.807) is 6.07 Å². The van der Waals surface area contributed by atoms with Gasteiger partial charge in [0.1, 0.15) is 5.75 Å².